The summed E-state index contributed by atoms with van der Waals surface area (Å²) in [4.78, 5) is 8.24. The molecule has 28 heavy (non-hydrogen) atoms. The third-order valence-electron chi connectivity index (χ3n) is 4.04. The van der Waals surface area contributed by atoms with Gasteiger partial charge in [-0.3, -0.25) is 4.40 Å². The standard InChI is InChI=1S/C20H14ClF2N3O2/c1-12-2-3-14(10-15(12)21)28-19-16(22)8-13(9-17(19)23)11-27-18-4-6-26-7-5-24-20(26)25-18/h2-10H,11H2,1H3. The van der Waals surface area contributed by atoms with Gasteiger partial charge in [0.1, 0.15) is 12.4 Å². The molecule has 0 saturated carbocycles. The number of halogens is 3. The Bertz CT molecular complexity index is 1140. The quantitative estimate of drug-likeness (QED) is 0.453. The molecule has 0 bridgehead atoms. The van der Waals surface area contributed by atoms with Crippen LogP contribution < -0.4 is 9.47 Å². The van der Waals surface area contributed by atoms with Crippen LogP contribution in [0.25, 0.3) is 5.78 Å². The van der Waals surface area contributed by atoms with Crippen LogP contribution in [0, 0.1) is 18.6 Å². The van der Waals surface area contributed by atoms with E-state index in [4.69, 9.17) is 21.1 Å². The third kappa shape index (κ3) is 3.75. The molecule has 142 valence electrons. The third-order valence-corrected chi connectivity index (χ3v) is 4.45. The van der Waals surface area contributed by atoms with Crippen LogP contribution in [0.1, 0.15) is 11.1 Å². The lowest BCUT2D eigenvalue weighted by Gasteiger charge is -2.11. The molecule has 4 aromatic rings. The number of imidazole rings is 1. The molecule has 0 atom stereocenters. The van der Waals surface area contributed by atoms with Crippen molar-refractivity contribution < 1.29 is 18.3 Å². The Morgan fingerprint density at radius 2 is 1.86 bits per heavy atom. The molecule has 2 heterocycles. The van der Waals surface area contributed by atoms with E-state index in [2.05, 4.69) is 9.97 Å². The maximum absolute atomic E-state index is 14.4. The predicted octanol–water partition coefficient (Wildman–Crippen LogP) is 5.34. The molecule has 0 fully saturated rings. The Morgan fingerprint density at radius 3 is 2.61 bits per heavy atom. The van der Waals surface area contributed by atoms with Gasteiger partial charge in [0, 0.05) is 29.7 Å². The Labute approximate surface area is 164 Å². The molecule has 0 unspecified atom stereocenters. The summed E-state index contributed by atoms with van der Waals surface area (Å²) in [5.74, 6) is -1.17. The monoisotopic (exact) mass is 401 g/mol. The van der Waals surface area contributed by atoms with Gasteiger partial charge in [0.25, 0.3) is 0 Å². The van der Waals surface area contributed by atoms with Crippen LogP contribution in [-0.4, -0.2) is 14.4 Å². The van der Waals surface area contributed by atoms with Crippen LogP contribution in [0.2, 0.25) is 5.02 Å². The van der Waals surface area contributed by atoms with Crippen molar-refractivity contribution in [3.05, 3.63) is 82.8 Å². The van der Waals surface area contributed by atoms with Gasteiger partial charge < -0.3 is 9.47 Å². The van der Waals surface area contributed by atoms with E-state index in [1.807, 2.05) is 6.92 Å². The molecule has 0 radical (unpaired) electrons. The van der Waals surface area contributed by atoms with E-state index in [1.54, 1.807) is 41.2 Å². The highest BCUT2D eigenvalue weighted by atomic mass is 35.5. The maximum Gasteiger partial charge on any atom is 0.236 e. The fraction of sp³-hybridized carbons (Fsp3) is 0.100. The Morgan fingerprint density at radius 1 is 1.07 bits per heavy atom. The summed E-state index contributed by atoms with van der Waals surface area (Å²) >= 11 is 6.02. The number of ether oxygens (including phenoxy) is 2. The van der Waals surface area contributed by atoms with Gasteiger partial charge in [0.05, 0.1) is 0 Å². The normalized spacial score (nSPS) is 11.0. The number of benzene rings is 2. The van der Waals surface area contributed by atoms with E-state index in [1.165, 1.54) is 6.07 Å². The molecule has 0 saturated heterocycles. The van der Waals surface area contributed by atoms with Gasteiger partial charge in [-0.15, -0.1) is 0 Å². The number of fused-ring (bicyclic) bond motifs is 1. The SMILES string of the molecule is Cc1ccc(Oc2c(F)cc(COc3ccn4ccnc4n3)cc2F)cc1Cl. The van der Waals surface area contributed by atoms with Crippen LogP contribution in [0.15, 0.2) is 55.0 Å². The zero-order valence-electron chi connectivity index (χ0n) is 14.7. The zero-order valence-corrected chi connectivity index (χ0v) is 15.5. The molecule has 0 N–H and O–H groups in total. The molecule has 8 heteroatoms. The average Bonchev–Trinajstić information content (AvgIpc) is 3.13. The van der Waals surface area contributed by atoms with Crippen LogP contribution in [-0.2, 0) is 6.61 Å². The number of rotatable bonds is 5. The molecule has 0 aliphatic heterocycles. The smallest absolute Gasteiger partial charge is 0.236 e. The lowest BCUT2D eigenvalue weighted by molar-refractivity contribution is 0.292. The zero-order chi connectivity index (χ0) is 19.7. The Hall–Kier alpha value is -3.19. The first-order valence-corrected chi connectivity index (χ1v) is 8.72. The van der Waals surface area contributed by atoms with Crippen molar-refractivity contribution in [2.24, 2.45) is 0 Å². The van der Waals surface area contributed by atoms with Gasteiger partial charge in [-0.1, -0.05) is 17.7 Å². The fourth-order valence-corrected chi connectivity index (χ4v) is 2.74. The van der Waals surface area contributed by atoms with Gasteiger partial charge in [-0.25, -0.2) is 13.8 Å². The lowest BCUT2D eigenvalue weighted by atomic mass is 10.2. The van der Waals surface area contributed by atoms with Crippen LogP contribution >= 0.6 is 11.6 Å². The van der Waals surface area contributed by atoms with E-state index in [0.717, 1.165) is 17.7 Å². The first kappa shape index (κ1) is 18.2. The van der Waals surface area contributed by atoms with Crippen molar-refractivity contribution in [2.75, 3.05) is 0 Å². The van der Waals surface area contributed by atoms with Crippen LogP contribution in [0.3, 0.4) is 0 Å². The molecule has 0 aliphatic rings. The summed E-state index contributed by atoms with van der Waals surface area (Å²) in [5, 5.41) is 0.449. The second-order valence-corrected chi connectivity index (χ2v) is 6.50. The summed E-state index contributed by atoms with van der Waals surface area (Å²) in [6.45, 7) is 1.76. The minimum absolute atomic E-state index is 0.0611. The van der Waals surface area contributed by atoms with Crippen molar-refractivity contribution in [2.45, 2.75) is 13.5 Å². The van der Waals surface area contributed by atoms with Crippen molar-refractivity contribution in [1.82, 2.24) is 14.4 Å². The molecular weight excluding hydrogens is 388 g/mol. The summed E-state index contributed by atoms with van der Waals surface area (Å²) in [7, 11) is 0. The topological polar surface area (TPSA) is 48.7 Å². The molecule has 2 aromatic carbocycles. The number of aryl methyl sites for hydroxylation is 1. The maximum atomic E-state index is 14.4. The van der Waals surface area contributed by atoms with Crippen molar-refractivity contribution >= 4 is 17.4 Å². The summed E-state index contributed by atoms with van der Waals surface area (Å²) < 4.78 is 41.3. The van der Waals surface area contributed by atoms with Crippen molar-refractivity contribution in [3.63, 3.8) is 0 Å². The number of hydrogen-bond acceptors (Lipinski definition) is 4. The van der Waals surface area contributed by atoms with Gasteiger partial charge >= 0.3 is 0 Å². The van der Waals surface area contributed by atoms with E-state index in [0.29, 0.717) is 22.2 Å². The second-order valence-electron chi connectivity index (χ2n) is 6.09. The van der Waals surface area contributed by atoms with E-state index >= 15 is 0 Å². The van der Waals surface area contributed by atoms with Crippen LogP contribution in [0.4, 0.5) is 8.78 Å². The lowest BCUT2D eigenvalue weighted by Crippen LogP contribution is -2.01. The largest absolute Gasteiger partial charge is 0.473 e. The predicted molar refractivity (Wildman–Crippen MR) is 99.9 cm³/mol. The highest BCUT2D eigenvalue weighted by Gasteiger charge is 2.15. The van der Waals surface area contributed by atoms with Crippen LogP contribution in [0.5, 0.6) is 17.4 Å². The number of nitrogens with zero attached hydrogens (tertiary/aromatic N) is 3. The van der Waals surface area contributed by atoms with Crippen molar-refractivity contribution in [3.8, 4) is 17.4 Å². The molecule has 4 rings (SSSR count). The number of aromatic nitrogens is 3. The van der Waals surface area contributed by atoms with Crippen molar-refractivity contribution in [1.29, 1.82) is 0 Å². The first-order chi connectivity index (χ1) is 13.5. The molecule has 5 nitrogen and oxygen atoms in total. The van der Waals surface area contributed by atoms with Gasteiger partial charge in [0.15, 0.2) is 17.4 Å². The molecule has 0 aliphatic carbocycles. The Kier molecular flexibility index (Phi) is 4.83. The summed E-state index contributed by atoms with van der Waals surface area (Å²) in [5.41, 5.74) is 1.14. The summed E-state index contributed by atoms with van der Waals surface area (Å²) in [6, 6.07) is 8.75. The number of hydrogen-bond donors (Lipinski definition) is 0. The highest BCUT2D eigenvalue weighted by molar-refractivity contribution is 6.31. The van der Waals surface area contributed by atoms with Gasteiger partial charge in [0.2, 0.25) is 11.7 Å². The molecule has 0 amide bonds. The summed E-state index contributed by atoms with van der Waals surface area (Å²) in [6.07, 6.45) is 5.09. The Balaban J connectivity index is 1.50. The van der Waals surface area contributed by atoms with Gasteiger partial charge in [-0.2, -0.15) is 4.98 Å². The van der Waals surface area contributed by atoms with E-state index in [-0.39, 0.29) is 12.4 Å². The highest BCUT2D eigenvalue weighted by Crippen LogP contribution is 2.31. The average molecular weight is 402 g/mol. The minimum Gasteiger partial charge on any atom is -0.473 e. The van der Waals surface area contributed by atoms with E-state index < -0.39 is 17.4 Å². The second kappa shape index (κ2) is 7.44. The van der Waals surface area contributed by atoms with E-state index in [9.17, 15) is 8.78 Å². The molecule has 2 aromatic heterocycles. The molecule has 0 spiro atoms. The first-order valence-electron chi connectivity index (χ1n) is 8.34. The molecular formula is C20H14ClF2N3O2. The van der Waals surface area contributed by atoms with Gasteiger partial charge in [-0.05, 0) is 42.3 Å². The minimum atomic E-state index is -0.841. The fourth-order valence-electron chi connectivity index (χ4n) is 2.57.